The number of rotatable bonds is 3. The molecule has 2 aromatic rings. The van der Waals surface area contributed by atoms with E-state index in [2.05, 4.69) is 15.0 Å². The monoisotopic (exact) mass is 289 g/mol. The molecular formula is C14H15N3O2S. The molecule has 0 atom stereocenters. The van der Waals surface area contributed by atoms with Gasteiger partial charge in [0.15, 0.2) is 0 Å². The molecule has 1 aliphatic rings. The van der Waals surface area contributed by atoms with Crippen LogP contribution in [0.2, 0.25) is 0 Å². The minimum absolute atomic E-state index is 0.269. The van der Waals surface area contributed by atoms with E-state index >= 15 is 0 Å². The van der Waals surface area contributed by atoms with E-state index in [0.29, 0.717) is 12.4 Å². The van der Waals surface area contributed by atoms with E-state index in [1.165, 1.54) is 0 Å². The Morgan fingerprint density at radius 1 is 1.20 bits per heavy atom. The van der Waals surface area contributed by atoms with Crippen molar-refractivity contribution in [2.75, 3.05) is 4.72 Å². The van der Waals surface area contributed by atoms with Crippen LogP contribution in [0.15, 0.2) is 41.4 Å². The summed E-state index contributed by atoms with van der Waals surface area (Å²) in [4.78, 5) is 4.33. The lowest BCUT2D eigenvalue weighted by Gasteiger charge is -2.10. The highest BCUT2D eigenvalue weighted by molar-refractivity contribution is 7.92. The zero-order chi connectivity index (χ0) is 14.2. The third-order valence-electron chi connectivity index (χ3n) is 3.36. The Kier molecular flexibility index (Phi) is 3.19. The molecule has 0 fully saturated rings. The molecule has 1 aromatic heterocycles. The maximum Gasteiger partial charge on any atom is 0.263 e. The fraction of sp³-hybridized carbons (Fsp3) is 0.214. The molecule has 0 unspecified atom stereocenters. The van der Waals surface area contributed by atoms with Crippen molar-refractivity contribution in [2.24, 2.45) is 0 Å². The lowest BCUT2D eigenvalue weighted by Crippen LogP contribution is -2.15. The maximum atomic E-state index is 12.4. The SMILES string of the molecule is Cc1cccnc1NS(=O)(=O)c1ccc2c(c1)CNC2. The molecule has 1 aliphatic heterocycles. The highest BCUT2D eigenvalue weighted by Crippen LogP contribution is 2.22. The number of anilines is 1. The molecule has 2 heterocycles. The Morgan fingerprint density at radius 2 is 2.00 bits per heavy atom. The first-order chi connectivity index (χ1) is 9.56. The van der Waals surface area contributed by atoms with Gasteiger partial charge in [0.1, 0.15) is 5.82 Å². The van der Waals surface area contributed by atoms with E-state index in [0.717, 1.165) is 23.2 Å². The molecule has 0 saturated heterocycles. The molecule has 5 nitrogen and oxygen atoms in total. The van der Waals surface area contributed by atoms with Crippen LogP contribution in [0.5, 0.6) is 0 Å². The highest BCUT2D eigenvalue weighted by atomic mass is 32.2. The van der Waals surface area contributed by atoms with Crippen LogP contribution in [0.4, 0.5) is 5.82 Å². The number of sulfonamides is 1. The molecule has 0 aliphatic carbocycles. The van der Waals surface area contributed by atoms with Crippen LogP contribution in [-0.2, 0) is 23.1 Å². The molecule has 6 heteroatoms. The molecule has 0 spiro atoms. The Labute approximate surface area is 118 Å². The first-order valence-electron chi connectivity index (χ1n) is 6.33. The van der Waals surface area contributed by atoms with E-state index in [4.69, 9.17) is 0 Å². The van der Waals surface area contributed by atoms with Gasteiger partial charge in [0, 0.05) is 19.3 Å². The van der Waals surface area contributed by atoms with Crippen molar-refractivity contribution in [1.29, 1.82) is 0 Å². The van der Waals surface area contributed by atoms with Crippen LogP contribution >= 0.6 is 0 Å². The molecule has 104 valence electrons. The predicted octanol–water partition coefficient (Wildman–Crippen LogP) is 1.79. The van der Waals surface area contributed by atoms with Gasteiger partial charge in [-0.05, 0) is 41.8 Å². The number of nitrogens with one attached hydrogen (secondary N) is 2. The lowest BCUT2D eigenvalue weighted by molar-refractivity contribution is 0.601. The van der Waals surface area contributed by atoms with Crippen molar-refractivity contribution in [2.45, 2.75) is 24.9 Å². The van der Waals surface area contributed by atoms with Gasteiger partial charge >= 0.3 is 0 Å². The fourth-order valence-corrected chi connectivity index (χ4v) is 3.35. The molecule has 2 N–H and O–H groups in total. The summed E-state index contributed by atoms with van der Waals surface area (Å²) in [7, 11) is -3.60. The summed E-state index contributed by atoms with van der Waals surface area (Å²) in [5.74, 6) is 0.367. The van der Waals surface area contributed by atoms with E-state index in [1.807, 2.05) is 19.1 Å². The fourth-order valence-electron chi connectivity index (χ4n) is 2.22. The number of nitrogens with zero attached hydrogens (tertiary/aromatic N) is 1. The molecular weight excluding hydrogens is 274 g/mol. The van der Waals surface area contributed by atoms with Crippen molar-refractivity contribution >= 4 is 15.8 Å². The summed E-state index contributed by atoms with van der Waals surface area (Å²) < 4.78 is 27.3. The zero-order valence-electron chi connectivity index (χ0n) is 11.1. The second-order valence-corrected chi connectivity index (χ2v) is 6.49. The predicted molar refractivity (Wildman–Crippen MR) is 76.8 cm³/mol. The van der Waals surface area contributed by atoms with Crippen LogP contribution in [-0.4, -0.2) is 13.4 Å². The van der Waals surface area contributed by atoms with Crippen LogP contribution < -0.4 is 10.0 Å². The largest absolute Gasteiger partial charge is 0.309 e. The Hall–Kier alpha value is -1.92. The molecule has 3 rings (SSSR count). The van der Waals surface area contributed by atoms with Crippen LogP contribution in [0, 0.1) is 6.92 Å². The van der Waals surface area contributed by atoms with Crippen LogP contribution in [0.1, 0.15) is 16.7 Å². The van der Waals surface area contributed by atoms with Crippen LogP contribution in [0.25, 0.3) is 0 Å². The second kappa shape index (κ2) is 4.88. The Morgan fingerprint density at radius 3 is 2.80 bits per heavy atom. The van der Waals surface area contributed by atoms with Crippen molar-refractivity contribution in [3.63, 3.8) is 0 Å². The van der Waals surface area contributed by atoms with E-state index in [1.54, 1.807) is 24.4 Å². The van der Waals surface area contributed by atoms with Crippen molar-refractivity contribution in [1.82, 2.24) is 10.3 Å². The second-order valence-electron chi connectivity index (χ2n) is 4.81. The van der Waals surface area contributed by atoms with Crippen LogP contribution in [0.3, 0.4) is 0 Å². The van der Waals surface area contributed by atoms with Gasteiger partial charge in [0.2, 0.25) is 0 Å². The molecule has 0 amide bonds. The summed E-state index contributed by atoms with van der Waals surface area (Å²) in [6.07, 6.45) is 1.57. The summed E-state index contributed by atoms with van der Waals surface area (Å²) in [6.45, 7) is 3.32. The van der Waals surface area contributed by atoms with E-state index in [9.17, 15) is 8.42 Å². The average Bonchev–Trinajstić information content (AvgIpc) is 2.88. The molecule has 0 saturated carbocycles. The molecule has 1 aromatic carbocycles. The number of aryl methyl sites for hydroxylation is 1. The number of fused-ring (bicyclic) bond motifs is 1. The zero-order valence-corrected chi connectivity index (χ0v) is 11.9. The minimum Gasteiger partial charge on any atom is -0.309 e. The van der Waals surface area contributed by atoms with Gasteiger partial charge in [-0.2, -0.15) is 0 Å². The standard InChI is InChI=1S/C14H15N3O2S/c1-10-3-2-6-16-14(10)17-20(18,19)13-5-4-11-8-15-9-12(11)7-13/h2-7,15H,8-9H2,1H3,(H,16,17). The number of pyridine rings is 1. The number of hydrogen-bond acceptors (Lipinski definition) is 4. The first-order valence-corrected chi connectivity index (χ1v) is 7.81. The average molecular weight is 289 g/mol. The third kappa shape index (κ3) is 2.39. The van der Waals surface area contributed by atoms with Gasteiger partial charge in [0.25, 0.3) is 10.0 Å². The summed E-state index contributed by atoms with van der Waals surface area (Å²) in [5, 5.41) is 3.20. The summed E-state index contributed by atoms with van der Waals surface area (Å²) >= 11 is 0. The molecule has 0 radical (unpaired) electrons. The summed E-state index contributed by atoms with van der Waals surface area (Å²) in [6, 6.07) is 8.79. The maximum absolute atomic E-state index is 12.4. The van der Waals surface area contributed by atoms with E-state index in [-0.39, 0.29) is 4.90 Å². The normalized spacial score (nSPS) is 14.1. The van der Waals surface area contributed by atoms with Gasteiger partial charge in [0.05, 0.1) is 4.90 Å². The molecule has 20 heavy (non-hydrogen) atoms. The van der Waals surface area contributed by atoms with Crippen molar-refractivity contribution in [3.8, 4) is 0 Å². The van der Waals surface area contributed by atoms with Gasteiger partial charge in [-0.15, -0.1) is 0 Å². The first kappa shape index (κ1) is 13.1. The van der Waals surface area contributed by atoms with Gasteiger partial charge < -0.3 is 5.32 Å². The highest BCUT2D eigenvalue weighted by Gasteiger charge is 2.19. The van der Waals surface area contributed by atoms with Gasteiger partial charge in [-0.3, -0.25) is 4.72 Å². The smallest absolute Gasteiger partial charge is 0.263 e. The lowest BCUT2D eigenvalue weighted by atomic mass is 10.1. The molecule has 0 bridgehead atoms. The van der Waals surface area contributed by atoms with Gasteiger partial charge in [-0.1, -0.05) is 12.1 Å². The third-order valence-corrected chi connectivity index (χ3v) is 4.70. The summed E-state index contributed by atoms with van der Waals surface area (Å²) in [5.41, 5.74) is 2.97. The Balaban J connectivity index is 1.94. The minimum atomic E-state index is -3.60. The number of aromatic nitrogens is 1. The quantitative estimate of drug-likeness (QED) is 0.904. The van der Waals surface area contributed by atoms with Crippen molar-refractivity contribution < 1.29 is 8.42 Å². The van der Waals surface area contributed by atoms with E-state index < -0.39 is 10.0 Å². The van der Waals surface area contributed by atoms with Crippen molar-refractivity contribution in [3.05, 3.63) is 53.2 Å². The topological polar surface area (TPSA) is 71.1 Å². The number of hydrogen-bond donors (Lipinski definition) is 2. The Bertz CT molecular complexity index is 757. The number of benzene rings is 1. The van der Waals surface area contributed by atoms with Gasteiger partial charge in [-0.25, -0.2) is 13.4 Å².